The Balaban J connectivity index is 1.66. The topological polar surface area (TPSA) is 159 Å². The number of rotatable bonds is 11. The van der Waals surface area contributed by atoms with E-state index in [1.165, 1.54) is 13.1 Å². The summed E-state index contributed by atoms with van der Waals surface area (Å²) in [6, 6.07) is 28.6. The molecule has 0 bridgehead atoms. The summed E-state index contributed by atoms with van der Waals surface area (Å²) >= 11 is 0. The molecule has 12 nitrogen and oxygen atoms in total. The number of nitriles is 1. The summed E-state index contributed by atoms with van der Waals surface area (Å²) in [5, 5.41) is 10.6. The molecule has 0 spiro atoms. The van der Waals surface area contributed by atoms with Gasteiger partial charge in [0.2, 0.25) is 0 Å². The number of nitrogens with zero attached hydrogens (tertiary/aromatic N) is 2. The molecule has 0 radical (unpaired) electrons. The number of aryl methyl sites for hydroxylation is 1. The van der Waals surface area contributed by atoms with Gasteiger partial charge in [0.25, 0.3) is 5.56 Å². The maximum absolute atomic E-state index is 13.1. The van der Waals surface area contributed by atoms with Crippen LogP contribution in [-0.2, 0) is 34.1 Å². The van der Waals surface area contributed by atoms with Gasteiger partial charge >= 0.3 is 17.6 Å². The van der Waals surface area contributed by atoms with Crippen LogP contribution in [0.5, 0.6) is 5.75 Å². The van der Waals surface area contributed by atoms with Crippen LogP contribution in [0.1, 0.15) is 28.5 Å². The molecule has 4 atom stereocenters. The lowest BCUT2D eigenvalue weighted by molar-refractivity contribution is -0.164. The summed E-state index contributed by atoms with van der Waals surface area (Å²) in [6.07, 6.45) is -1.18. The van der Waals surface area contributed by atoms with Gasteiger partial charge in [-0.2, -0.15) is 5.26 Å². The van der Waals surface area contributed by atoms with E-state index < -0.39 is 58.9 Å². The van der Waals surface area contributed by atoms with E-state index in [2.05, 4.69) is 11.1 Å². The first kappa shape index (κ1) is 33.8. The van der Waals surface area contributed by atoms with Gasteiger partial charge in [0.15, 0.2) is 5.92 Å². The van der Waals surface area contributed by atoms with Gasteiger partial charge < -0.3 is 23.7 Å². The van der Waals surface area contributed by atoms with Gasteiger partial charge in [-0.15, -0.1) is 0 Å². The van der Waals surface area contributed by atoms with Crippen LogP contribution in [-0.4, -0.2) is 55.5 Å². The molecule has 3 aromatic carbocycles. The minimum atomic E-state index is -1.65. The van der Waals surface area contributed by atoms with Gasteiger partial charge in [-0.1, -0.05) is 72.8 Å². The highest BCUT2D eigenvalue weighted by atomic mass is 16.6. The predicted octanol–water partition coefficient (Wildman–Crippen LogP) is 3.48. The third kappa shape index (κ3) is 6.25. The van der Waals surface area contributed by atoms with E-state index in [1.807, 2.05) is 84.9 Å². The zero-order valence-corrected chi connectivity index (χ0v) is 26.8. The summed E-state index contributed by atoms with van der Waals surface area (Å²) in [5.41, 5.74) is -0.241. The van der Waals surface area contributed by atoms with Gasteiger partial charge in [0.05, 0.1) is 46.0 Å². The second-order valence-corrected chi connectivity index (χ2v) is 11.3. The number of aromatic amines is 1. The fourth-order valence-corrected chi connectivity index (χ4v) is 6.28. The van der Waals surface area contributed by atoms with E-state index in [1.54, 1.807) is 7.11 Å². The normalized spacial score (nSPS) is 19.0. The van der Waals surface area contributed by atoms with E-state index in [4.69, 9.17) is 23.7 Å². The lowest BCUT2D eigenvalue weighted by Crippen LogP contribution is -2.42. The molecule has 48 heavy (non-hydrogen) atoms. The standard InChI is InChI=1S/C36H35N3O9/c1-22-20-39(35(43)38-31(22)40)32-29(30(33(41)45-3)34(42)46-4)27(19-37)28(48-32)21-47-36(23-11-7-5-8-12-23,24-13-9-6-10-14-24)25-15-17-26(44-2)18-16-25/h5-18,20,27-30,32H,21H2,1-4H3,(H,38,40,43)/t27-,28+,29-,32+/m0/s1. The molecule has 0 saturated carbocycles. The van der Waals surface area contributed by atoms with Crippen molar-refractivity contribution in [1.29, 1.82) is 5.26 Å². The first-order valence-electron chi connectivity index (χ1n) is 15.1. The van der Waals surface area contributed by atoms with Crippen molar-refractivity contribution in [2.24, 2.45) is 17.8 Å². The first-order chi connectivity index (χ1) is 23.2. The van der Waals surface area contributed by atoms with Crippen molar-refractivity contribution in [2.45, 2.75) is 24.9 Å². The van der Waals surface area contributed by atoms with Crippen LogP contribution < -0.4 is 16.0 Å². The van der Waals surface area contributed by atoms with Crippen LogP contribution in [0.25, 0.3) is 0 Å². The zero-order valence-electron chi connectivity index (χ0n) is 26.8. The van der Waals surface area contributed by atoms with Crippen molar-refractivity contribution in [1.82, 2.24) is 9.55 Å². The van der Waals surface area contributed by atoms with Crippen LogP contribution in [0.2, 0.25) is 0 Å². The molecule has 0 amide bonds. The van der Waals surface area contributed by atoms with Crippen LogP contribution in [0, 0.1) is 36.0 Å². The average molecular weight is 654 g/mol. The number of hydrogen-bond donors (Lipinski definition) is 1. The van der Waals surface area contributed by atoms with Gasteiger partial charge in [0, 0.05) is 17.7 Å². The number of carbonyl (C=O) groups is 2. The van der Waals surface area contributed by atoms with Gasteiger partial charge in [-0.3, -0.25) is 23.9 Å². The van der Waals surface area contributed by atoms with Gasteiger partial charge in [-0.05, 0) is 35.7 Å². The van der Waals surface area contributed by atoms with Crippen molar-refractivity contribution in [3.05, 3.63) is 134 Å². The van der Waals surface area contributed by atoms with Crippen LogP contribution >= 0.6 is 0 Å². The number of benzene rings is 3. The van der Waals surface area contributed by atoms with Gasteiger partial charge in [0.1, 0.15) is 17.6 Å². The molecular weight excluding hydrogens is 618 g/mol. The summed E-state index contributed by atoms with van der Waals surface area (Å²) < 4.78 is 29.7. The van der Waals surface area contributed by atoms with E-state index in [0.29, 0.717) is 5.75 Å². The molecule has 12 heteroatoms. The molecule has 4 aromatic rings. The van der Waals surface area contributed by atoms with Crippen LogP contribution in [0.15, 0.2) is 101 Å². The van der Waals surface area contributed by atoms with E-state index in [-0.39, 0.29) is 12.2 Å². The summed E-state index contributed by atoms with van der Waals surface area (Å²) in [6.45, 7) is 1.26. The Morgan fingerprint density at radius 1 is 0.896 bits per heavy atom. The second-order valence-electron chi connectivity index (χ2n) is 11.3. The Morgan fingerprint density at radius 2 is 1.44 bits per heavy atom. The van der Waals surface area contributed by atoms with Crippen molar-refractivity contribution in [3.8, 4) is 11.8 Å². The zero-order chi connectivity index (χ0) is 34.4. The Hall–Kier alpha value is -5.51. The third-order valence-electron chi connectivity index (χ3n) is 8.64. The molecule has 1 saturated heterocycles. The summed E-state index contributed by atoms with van der Waals surface area (Å²) in [4.78, 5) is 53.8. The number of carbonyl (C=O) groups excluding carboxylic acids is 2. The number of aromatic nitrogens is 2. The smallest absolute Gasteiger partial charge is 0.330 e. The Morgan fingerprint density at radius 3 is 1.94 bits per heavy atom. The lowest BCUT2D eigenvalue weighted by Gasteiger charge is -2.37. The molecule has 1 N–H and O–H groups in total. The highest BCUT2D eigenvalue weighted by Gasteiger charge is 2.56. The highest BCUT2D eigenvalue weighted by Crippen LogP contribution is 2.46. The predicted molar refractivity (Wildman–Crippen MR) is 172 cm³/mol. The Kier molecular flexibility index (Phi) is 10.2. The van der Waals surface area contributed by atoms with E-state index in [0.717, 1.165) is 35.5 Å². The molecule has 1 aromatic heterocycles. The highest BCUT2D eigenvalue weighted by molar-refractivity contribution is 5.95. The molecule has 1 aliphatic heterocycles. The van der Waals surface area contributed by atoms with E-state index in [9.17, 15) is 24.4 Å². The third-order valence-corrected chi connectivity index (χ3v) is 8.64. The number of ether oxygens (including phenoxy) is 5. The Labute approximate surface area is 276 Å². The molecule has 248 valence electrons. The van der Waals surface area contributed by atoms with Crippen molar-refractivity contribution in [3.63, 3.8) is 0 Å². The average Bonchev–Trinajstić information content (AvgIpc) is 3.48. The van der Waals surface area contributed by atoms with Crippen LogP contribution in [0.3, 0.4) is 0 Å². The number of nitrogens with one attached hydrogen (secondary N) is 1. The monoisotopic (exact) mass is 653 g/mol. The maximum atomic E-state index is 13.1. The first-order valence-corrected chi connectivity index (χ1v) is 15.1. The quantitative estimate of drug-likeness (QED) is 0.144. The van der Waals surface area contributed by atoms with Crippen molar-refractivity contribution >= 4 is 11.9 Å². The SMILES string of the molecule is COC(=O)C(C(=O)OC)[C@@H]1[C@@H](C#N)[C@@H](COC(c2ccccc2)(c2ccccc2)c2ccc(OC)cc2)O[C@H]1n1cc(C)c(=O)[nH]c1=O. The minimum absolute atomic E-state index is 0.171. The number of methoxy groups -OCH3 is 3. The molecule has 5 rings (SSSR count). The van der Waals surface area contributed by atoms with Crippen molar-refractivity contribution < 1.29 is 33.3 Å². The molecule has 2 heterocycles. The number of H-pyrrole nitrogens is 1. The van der Waals surface area contributed by atoms with Crippen molar-refractivity contribution in [2.75, 3.05) is 27.9 Å². The minimum Gasteiger partial charge on any atom is -0.497 e. The fraction of sp³-hybridized carbons (Fsp3) is 0.306. The number of esters is 2. The lowest BCUT2D eigenvalue weighted by atomic mass is 9.79. The summed E-state index contributed by atoms with van der Waals surface area (Å²) in [5.74, 6) is -5.40. The fourth-order valence-electron chi connectivity index (χ4n) is 6.28. The molecule has 1 aliphatic rings. The second kappa shape index (κ2) is 14.5. The molecule has 0 unspecified atom stereocenters. The largest absolute Gasteiger partial charge is 0.497 e. The Bertz CT molecular complexity index is 1840. The molecule has 0 aliphatic carbocycles. The molecule has 1 fully saturated rings. The van der Waals surface area contributed by atoms with Crippen LogP contribution in [0.4, 0.5) is 0 Å². The number of hydrogen-bond acceptors (Lipinski definition) is 10. The van der Waals surface area contributed by atoms with Gasteiger partial charge in [-0.25, -0.2) is 4.79 Å². The summed E-state index contributed by atoms with van der Waals surface area (Å²) in [7, 11) is 3.78. The maximum Gasteiger partial charge on any atom is 0.330 e. The molecular formula is C36H35N3O9. The van der Waals surface area contributed by atoms with E-state index >= 15 is 0 Å².